The highest BCUT2D eigenvalue weighted by Gasteiger charge is 2.13. The molecular formula is C15H17IN2O2. The molecule has 5 heteroatoms. The summed E-state index contributed by atoms with van der Waals surface area (Å²) in [6.45, 7) is 6.94. The molecule has 0 saturated heterocycles. The molecule has 106 valence electrons. The molecule has 1 N–H and O–H groups in total. The Morgan fingerprint density at radius 2 is 1.75 bits per heavy atom. The van der Waals surface area contributed by atoms with Gasteiger partial charge in [0.25, 0.3) is 5.56 Å². The molecule has 0 saturated carbocycles. The van der Waals surface area contributed by atoms with Crippen LogP contribution in [0.5, 0.6) is 0 Å². The average molecular weight is 384 g/mol. The SMILES string of the molecule is CC(C)(C)c1ccc(Cn2cc(I)c(=O)[nH]c2=O)cc1. The first kappa shape index (κ1) is 15.0. The van der Waals surface area contributed by atoms with Gasteiger partial charge in [-0.25, -0.2) is 4.79 Å². The Hall–Kier alpha value is -1.37. The van der Waals surface area contributed by atoms with Crippen LogP contribution in [0.4, 0.5) is 0 Å². The largest absolute Gasteiger partial charge is 0.328 e. The second-order valence-corrected chi connectivity index (χ2v) is 6.97. The van der Waals surface area contributed by atoms with Crippen LogP contribution in [-0.2, 0) is 12.0 Å². The van der Waals surface area contributed by atoms with E-state index in [0.29, 0.717) is 10.1 Å². The number of aromatic nitrogens is 2. The van der Waals surface area contributed by atoms with E-state index in [9.17, 15) is 9.59 Å². The van der Waals surface area contributed by atoms with Crippen LogP contribution in [0.2, 0.25) is 0 Å². The summed E-state index contributed by atoms with van der Waals surface area (Å²) in [6, 6.07) is 8.20. The van der Waals surface area contributed by atoms with Crippen molar-refractivity contribution in [1.29, 1.82) is 0 Å². The molecular weight excluding hydrogens is 367 g/mol. The van der Waals surface area contributed by atoms with E-state index in [1.54, 1.807) is 6.20 Å². The van der Waals surface area contributed by atoms with Crippen LogP contribution in [0.1, 0.15) is 31.9 Å². The summed E-state index contributed by atoms with van der Waals surface area (Å²) >= 11 is 1.92. The van der Waals surface area contributed by atoms with Crippen molar-refractivity contribution in [2.24, 2.45) is 0 Å². The first-order chi connectivity index (χ1) is 9.27. The first-order valence-corrected chi connectivity index (χ1v) is 7.44. The molecule has 1 aromatic heterocycles. The monoisotopic (exact) mass is 384 g/mol. The van der Waals surface area contributed by atoms with E-state index in [1.165, 1.54) is 10.1 Å². The number of nitrogens with zero attached hydrogens (tertiary/aromatic N) is 1. The molecule has 2 aromatic rings. The number of hydrogen-bond acceptors (Lipinski definition) is 2. The van der Waals surface area contributed by atoms with Gasteiger partial charge in [-0.2, -0.15) is 0 Å². The lowest BCUT2D eigenvalue weighted by Gasteiger charge is -2.19. The molecule has 1 aromatic carbocycles. The lowest BCUT2D eigenvalue weighted by Crippen LogP contribution is -2.31. The molecule has 0 aliphatic rings. The molecule has 0 aliphatic heterocycles. The van der Waals surface area contributed by atoms with Crippen LogP contribution < -0.4 is 11.2 Å². The lowest BCUT2D eigenvalue weighted by molar-refractivity contribution is 0.589. The van der Waals surface area contributed by atoms with Crippen molar-refractivity contribution < 1.29 is 0 Å². The van der Waals surface area contributed by atoms with Crippen molar-refractivity contribution >= 4 is 22.6 Å². The normalized spacial score (nSPS) is 11.6. The number of hydrogen-bond donors (Lipinski definition) is 1. The Kier molecular flexibility index (Phi) is 4.17. The molecule has 0 unspecified atom stereocenters. The Labute approximate surface area is 131 Å². The minimum Gasteiger partial charge on any atom is -0.295 e. The average Bonchev–Trinajstić information content (AvgIpc) is 2.35. The predicted molar refractivity (Wildman–Crippen MR) is 88.3 cm³/mol. The van der Waals surface area contributed by atoms with Crippen molar-refractivity contribution in [3.63, 3.8) is 0 Å². The fourth-order valence-electron chi connectivity index (χ4n) is 1.91. The van der Waals surface area contributed by atoms with Gasteiger partial charge in [-0.1, -0.05) is 45.0 Å². The molecule has 1 heterocycles. The molecule has 4 nitrogen and oxygen atoms in total. The fraction of sp³-hybridized carbons (Fsp3) is 0.333. The highest BCUT2D eigenvalue weighted by atomic mass is 127. The molecule has 0 bridgehead atoms. The van der Waals surface area contributed by atoms with Gasteiger partial charge in [0.2, 0.25) is 0 Å². The van der Waals surface area contributed by atoms with Crippen molar-refractivity contribution in [3.8, 4) is 0 Å². The van der Waals surface area contributed by atoms with Gasteiger partial charge < -0.3 is 0 Å². The standard InChI is InChI=1S/C15H17IN2O2/c1-15(2,3)11-6-4-10(5-7-11)8-18-9-12(16)13(19)17-14(18)20/h4-7,9H,8H2,1-3H3,(H,17,19,20). The lowest BCUT2D eigenvalue weighted by atomic mass is 9.87. The molecule has 0 atom stereocenters. The maximum atomic E-state index is 11.7. The number of halogens is 1. The quantitative estimate of drug-likeness (QED) is 0.809. The van der Waals surface area contributed by atoms with Crippen molar-refractivity contribution in [2.45, 2.75) is 32.7 Å². The zero-order chi connectivity index (χ0) is 14.9. The Balaban J connectivity index is 2.29. The summed E-state index contributed by atoms with van der Waals surface area (Å²) in [7, 11) is 0. The third kappa shape index (κ3) is 3.39. The molecule has 0 spiro atoms. The van der Waals surface area contributed by atoms with Gasteiger partial charge in [0.1, 0.15) is 0 Å². The predicted octanol–water partition coefficient (Wildman–Crippen LogP) is 2.49. The van der Waals surface area contributed by atoms with E-state index < -0.39 is 0 Å². The summed E-state index contributed by atoms with van der Waals surface area (Å²) in [4.78, 5) is 25.4. The third-order valence-corrected chi connectivity index (χ3v) is 3.91. The number of nitrogens with one attached hydrogen (secondary N) is 1. The van der Waals surface area contributed by atoms with Gasteiger partial charge in [-0.3, -0.25) is 14.3 Å². The van der Waals surface area contributed by atoms with E-state index in [2.05, 4.69) is 37.9 Å². The maximum absolute atomic E-state index is 11.7. The maximum Gasteiger partial charge on any atom is 0.328 e. The number of rotatable bonds is 2. The number of H-pyrrole nitrogens is 1. The Morgan fingerprint density at radius 3 is 2.30 bits per heavy atom. The van der Waals surface area contributed by atoms with Gasteiger partial charge in [-0.15, -0.1) is 0 Å². The smallest absolute Gasteiger partial charge is 0.295 e. The second kappa shape index (κ2) is 5.55. The first-order valence-electron chi connectivity index (χ1n) is 6.36. The van der Waals surface area contributed by atoms with Gasteiger partial charge in [-0.05, 0) is 39.1 Å². The molecule has 2 rings (SSSR count). The summed E-state index contributed by atoms with van der Waals surface area (Å²) < 4.78 is 2.02. The highest BCUT2D eigenvalue weighted by molar-refractivity contribution is 14.1. The van der Waals surface area contributed by atoms with Gasteiger partial charge in [0.05, 0.1) is 10.1 Å². The van der Waals surface area contributed by atoms with E-state index in [0.717, 1.165) is 5.56 Å². The van der Waals surface area contributed by atoms with Gasteiger partial charge in [0.15, 0.2) is 0 Å². The van der Waals surface area contributed by atoms with Crippen molar-refractivity contribution in [3.05, 3.63) is 66.0 Å². The van der Waals surface area contributed by atoms with Crippen LogP contribution in [0, 0.1) is 3.57 Å². The zero-order valence-electron chi connectivity index (χ0n) is 11.7. The van der Waals surface area contributed by atoms with Gasteiger partial charge in [0, 0.05) is 6.20 Å². The summed E-state index contributed by atoms with van der Waals surface area (Å²) in [5.74, 6) is 0. The Morgan fingerprint density at radius 1 is 1.15 bits per heavy atom. The minimum atomic E-state index is -0.379. The fourth-order valence-corrected chi connectivity index (χ4v) is 2.38. The van der Waals surface area contributed by atoms with Crippen LogP contribution in [0.15, 0.2) is 40.1 Å². The minimum absolute atomic E-state index is 0.114. The summed E-state index contributed by atoms with van der Waals surface area (Å²) in [6.07, 6.45) is 1.58. The van der Waals surface area contributed by atoms with Gasteiger partial charge >= 0.3 is 5.69 Å². The van der Waals surface area contributed by atoms with Crippen molar-refractivity contribution in [2.75, 3.05) is 0 Å². The van der Waals surface area contributed by atoms with E-state index in [-0.39, 0.29) is 16.7 Å². The molecule has 0 fully saturated rings. The Bertz CT molecular complexity index is 721. The number of aromatic amines is 1. The molecule has 0 amide bonds. The van der Waals surface area contributed by atoms with E-state index >= 15 is 0 Å². The van der Waals surface area contributed by atoms with Crippen LogP contribution >= 0.6 is 22.6 Å². The van der Waals surface area contributed by atoms with Crippen LogP contribution in [0.3, 0.4) is 0 Å². The molecule has 20 heavy (non-hydrogen) atoms. The van der Waals surface area contributed by atoms with E-state index in [1.807, 2.05) is 34.7 Å². The van der Waals surface area contributed by atoms with E-state index in [4.69, 9.17) is 0 Å². The second-order valence-electron chi connectivity index (χ2n) is 5.81. The molecule has 0 aliphatic carbocycles. The summed E-state index contributed by atoms with van der Waals surface area (Å²) in [5, 5.41) is 0. The zero-order valence-corrected chi connectivity index (χ0v) is 13.9. The summed E-state index contributed by atoms with van der Waals surface area (Å²) in [5.41, 5.74) is 1.68. The van der Waals surface area contributed by atoms with Crippen molar-refractivity contribution in [1.82, 2.24) is 9.55 Å². The molecule has 0 radical (unpaired) electrons. The topological polar surface area (TPSA) is 54.9 Å². The van der Waals surface area contributed by atoms with Crippen LogP contribution in [0.25, 0.3) is 0 Å². The van der Waals surface area contributed by atoms with Crippen LogP contribution in [-0.4, -0.2) is 9.55 Å². The third-order valence-electron chi connectivity index (χ3n) is 3.14. The highest BCUT2D eigenvalue weighted by Crippen LogP contribution is 2.22. The number of benzene rings is 1.